The zero-order chi connectivity index (χ0) is 25.4. The molecular formula is C32H40N2O. The van der Waals surface area contributed by atoms with Gasteiger partial charge in [0.15, 0.2) is 0 Å². The van der Waals surface area contributed by atoms with E-state index in [9.17, 15) is 4.79 Å². The monoisotopic (exact) mass is 468 g/mol. The summed E-state index contributed by atoms with van der Waals surface area (Å²) in [5.41, 5.74) is 9.18. The smallest absolute Gasteiger partial charge is 0.261 e. The lowest BCUT2D eigenvalue weighted by atomic mass is 9.89. The van der Waals surface area contributed by atoms with Crippen LogP contribution in [0.1, 0.15) is 112 Å². The van der Waals surface area contributed by atoms with Crippen molar-refractivity contribution in [3.8, 4) is 0 Å². The Kier molecular flexibility index (Phi) is 7.07. The molecule has 35 heavy (non-hydrogen) atoms. The fourth-order valence-electron chi connectivity index (χ4n) is 5.33. The van der Waals surface area contributed by atoms with E-state index in [1.54, 1.807) is 0 Å². The van der Waals surface area contributed by atoms with Crippen LogP contribution >= 0.6 is 0 Å². The number of para-hydroxylation sites is 3. The van der Waals surface area contributed by atoms with Gasteiger partial charge in [-0.05, 0) is 58.1 Å². The second-order valence-corrected chi connectivity index (χ2v) is 11.0. The highest BCUT2D eigenvalue weighted by Crippen LogP contribution is 2.45. The number of carbonyl (C=O) groups is 1. The third-order valence-corrected chi connectivity index (χ3v) is 7.18. The Balaban J connectivity index is 2.01. The van der Waals surface area contributed by atoms with Crippen molar-refractivity contribution in [1.82, 2.24) is 0 Å². The van der Waals surface area contributed by atoms with Gasteiger partial charge in [-0.15, -0.1) is 0 Å². The molecule has 1 heterocycles. The second-order valence-electron chi connectivity index (χ2n) is 11.0. The number of amides is 1. The Morgan fingerprint density at radius 2 is 0.943 bits per heavy atom. The number of nitrogens with zero attached hydrogens (tertiary/aromatic N) is 2. The molecule has 0 radical (unpaired) electrons. The first-order chi connectivity index (χ1) is 16.6. The van der Waals surface area contributed by atoms with Crippen LogP contribution in [0.25, 0.3) is 0 Å². The molecule has 3 aromatic carbocycles. The van der Waals surface area contributed by atoms with Crippen molar-refractivity contribution in [2.24, 2.45) is 0 Å². The summed E-state index contributed by atoms with van der Waals surface area (Å²) in [6.07, 6.45) is 0. The summed E-state index contributed by atoms with van der Waals surface area (Å²) in [7, 11) is 0. The van der Waals surface area contributed by atoms with Gasteiger partial charge in [0, 0.05) is 5.69 Å². The van der Waals surface area contributed by atoms with E-state index >= 15 is 0 Å². The van der Waals surface area contributed by atoms with E-state index < -0.39 is 0 Å². The van der Waals surface area contributed by atoms with E-state index in [0.717, 1.165) is 16.9 Å². The molecular weight excluding hydrogens is 428 g/mol. The summed E-state index contributed by atoms with van der Waals surface area (Å²) < 4.78 is 0. The molecule has 184 valence electrons. The average molecular weight is 469 g/mol. The Morgan fingerprint density at radius 1 is 0.543 bits per heavy atom. The minimum Gasteiger partial charge on any atom is -0.321 e. The fourth-order valence-corrected chi connectivity index (χ4v) is 5.33. The van der Waals surface area contributed by atoms with Crippen LogP contribution in [0.2, 0.25) is 0 Å². The number of rotatable bonds is 6. The number of hydrogen-bond donors (Lipinski definition) is 0. The molecule has 0 N–H and O–H groups in total. The number of hydrogen-bond acceptors (Lipinski definition) is 2. The van der Waals surface area contributed by atoms with Crippen LogP contribution < -0.4 is 9.80 Å². The van der Waals surface area contributed by atoms with Gasteiger partial charge in [0.2, 0.25) is 0 Å². The SMILES string of the molecule is CC(C)c1cccc(C(C)C)c1N1CN(c2c(C(C)C)cccc2C(C)C)c2ccccc2C1=O. The maximum Gasteiger partial charge on any atom is 0.261 e. The molecule has 3 aromatic rings. The van der Waals surface area contributed by atoms with Gasteiger partial charge in [-0.25, -0.2) is 0 Å². The van der Waals surface area contributed by atoms with Crippen molar-refractivity contribution in [3.05, 3.63) is 88.5 Å². The van der Waals surface area contributed by atoms with Gasteiger partial charge < -0.3 is 4.90 Å². The minimum atomic E-state index is 0.0833. The van der Waals surface area contributed by atoms with Crippen LogP contribution in [0.4, 0.5) is 17.1 Å². The lowest BCUT2D eigenvalue weighted by Crippen LogP contribution is -2.46. The van der Waals surface area contributed by atoms with Gasteiger partial charge in [0.1, 0.15) is 6.67 Å². The zero-order valence-electron chi connectivity index (χ0n) is 22.6. The van der Waals surface area contributed by atoms with Gasteiger partial charge >= 0.3 is 0 Å². The predicted molar refractivity (Wildman–Crippen MR) is 149 cm³/mol. The Morgan fingerprint density at radius 3 is 1.37 bits per heavy atom. The number of carbonyl (C=O) groups excluding carboxylic acids is 1. The van der Waals surface area contributed by atoms with Gasteiger partial charge in [-0.2, -0.15) is 0 Å². The van der Waals surface area contributed by atoms with Gasteiger partial charge in [-0.1, -0.05) is 104 Å². The molecule has 0 aliphatic carbocycles. The van der Waals surface area contributed by atoms with Gasteiger partial charge in [0.25, 0.3) is 5.91 Å². The van der Waals surface area contributed by atoms with E-state index in [1.165, 1.54) is 27.9 Å². The standard InChI is InChI=1S/C32H40N2O/c1-20(2)24-14-11-15-25(21(3)4)30(24)33-19-34(32(35)28-13-9-10-18-29(28)33)31-26(22(5)6)16-12-17-27(31)23(7)8/h9-18,20-23H,19H2,1-8H3. The summed E-state index contributed by atoms with van der Waals surface area (Å²) in [6, 6.07) is 21.3. The molecule has 0 spiro atoms. The maximum absolute atomic E-state index is 14.1. The predicted octanol–water partition coefficient (Wildman–Crippen LogP) is 8.94. The molecule has 1 aliphatic rings. The first kappa shape index (κ1) is 25.0. The summed E-state index contributed by atoms with van der Waals surface area (Å²) in [6.45, 7) is 18.4. The largest absolute Gasteiger partial charge is 0.321 e. The van der Waals surface area contributed by atoms with E-state index in [-0.39, 0.29) is 5.91 Å². The van der Waals surface area contributed by atoms with Crippen LogP contribution in [0, 0.1) is 0 Å². The molecule has 0 bridgehead atoms. The highest BCUT2D eigenvalue weighted by Gasteiger charge is 2.35. The minimum absolute atomic E-state index is 0.0833. The van der Waals surface area contributed by atoms with Crippen LogP contribution in [-0.4, -0.2) is 12.6 Å². The summed E-state index contributed by atoms with van der Waals surface area (Å²) in [5.74, 6) is 1.46. The van der Waals surface area contributed by atoms with E-state index in [4.69, 9.17) is 0 Å². The van der Waals surface area contributed by atoms with Crippen molar-refractivity contribution in [2.75, 3.05) is 16.5 Å². The molecule has 3 heteroatoms. The Bertz CT molecular complexity index is 1170. The molecule has 0 unspecified atom stereocenters. The summed E-state index contributed by atoms with van der Waals surface area (Å²) >= 11 is 0. The first-order valence-corrected chi connectivity index (χ1v) is 13.1. The average Bonchev–Trinajstić information content (AvgIpc) is 2.83. The molecule has 1 amide bonds. The summed E-state index contributed by atoms with van der Waals surface area (Å²) in [4.78, 5) is 18.5. The topological polar surface area (TPSA) is 23.6 Å². The van der Waals surface area contributed by atoms with E-state index in [2.05, 4.69) is 103 Å². The third-order valence-electron chi connectivity index (χ3n) is 7.18. The van der Waals surface area contributed by atoms with Crippen LogP contribution in [0.3, 0.4) is 0 Å². The van der Waals surface area contributed by atoms with Crippen molar-refractivity contribution < 1.29 is 4.79 Å². The quantitative estimate of drug-likeness (QED) is 0.360. The fraction of sp³-hybridized carbons (Fsp3) is 0.406. The lowest BCUT2D eigenvalue weighted by Gasteiger charge is -2.42. The van der Waals surface area contributed by atoms with Crippen LogP contribution in [0.15, 0.2) is 60.7 Å². The van der Waals surface area contributed by atoms with Gasteiger partial charge in [-0.3, -0.25) is 9.69 Å². The molecule has 1 aliphatic heterocycles. The second kappa shape index (κ2) is 9.89. The van der Waals surface area contributed by atoms with Crippen LogP contribution in [-0.2, 0) is 0 Å². The Hall–Kier alpha value is -3.07. The maximum atomic E-state index is 14.1. The molecule has 0 saturated heterocycles. The molecule has 0 aromatic heterocycles. The molecule has 0 saturated carbocycles. The van der Waals surface area contributed by atoms with E-state index in [1.807, 2.05) is 23.1 Å². The number of anilines is 3. The van der Waals surface area contributed by atoms with Crippen molar-refractivity contribution in [1.29, 1.82) is 0 Å². The van der Waals surface area contributed by atoms with Crippen molar-refractivity contribution >= 4 is 23.0 Å². The van der Waals surface area contributed by atoms with Gasteiger partial charge in [0.05, 0.1) is 16.9 Å². The third kappa shape index (κ3) is 4.49. The molecule has 0 fully saturated rings. The van der Waals surface area contributed by atoms with Crippen molar-refractivity contribution in [3.63, 3.8) is 0 Å². The molecule has 0 atom stereocenters. The highest BCUT2D eigenvalue weighted by atomic mass is 16.2. The van der Waals surface area contributed by atoms with E-state index in [0.29, 0.717) is 30.3 Å². The normalized spacial score (nSPS) is 14.0. The van der Waals surface area contributed by atoms with Crippen LogP contribution in [0.5, 0.6) is 0 Å². The highest BCUT2D eigenvalue weighted by molar-refractivity contribution is 6.13. The zero-order valence-corrected chi connectivity index (χ0v) is 22.6. The lowest BCUT2D eigenvalue weighted by molar-refractivity contribution is 0.0983. The molecule has 4 rings (SSSR count). The Labute approximate surface area is 211 Å². The number of benzene rings is 3. The van der Waals surface area contributed by atoms with Crippen molar-refractivity contribution in [2.45, 2.75) is 79.1 Å². The molecule has 3 nitrogen and oxygen atoms in total. The summed E-state index contributed by atoms with van der Waals surface area (Å²) in [5, 5.41) is 0. The first-order valence-electron chi connectivity index (χ1n) is 13.1. The number of fused-ring (bicyclic) bond motifs is 1.